The number of anilines is 1. The van der Waals surface area contributed by atoms with Crippen LogP contribution in [0.4, 0.5) is 5.69 Å². The number of esters is 1. The molecule has 0 radical (unpaired) electrons. The average Bonchev–Trinajstić information content (AvgIpc) is 2.98. The van der Waals surface area contributed by atoms with Gasteiger partial charge in [0.1, 0.15) is 10.7 Å². The van der Waals surface area contributed by atoms with Crippen LogP contribution in [0, 0.1) is 13.8 Å². The summed E-state index contributed by atoms with van der Waals surface area (Å²) >= 11 is 6.37. The number of nitrogens with one attached hydrogen (secondary N) is 1. The molecule has 144 valence electrons. The minimum absolute atomic E-state index is 0.139. The molecule has 3 rings (SSSR count). The summed E-state index contributed by atoms with van der Waals surface area (Å²) in [5.41, 5.74) is 2.99. The van der Waals surface area contributed by atoms with E-state index in [1.54, 1.807) is 19.1 Å². The summed E-state index contributed by atoms with van der Waals surface area (Å²) < 4.78 is 6.78. The Morgan fingerprint density at radius 2 is 1.71 bits per heavy atom. The second-order valence-electron chi connectivity index (χ2n) is 6.40. The molecule has 0 saturated carbocycles. The van der Waals surface area contributed by atoms with Crippen LogP contribution in [0.5, 0.6) is 0 Å². The SMILES string of the molecule is Cc1ccc(NC(=O)[C@@H](C)OC(=O)c2c(C)nn(-c3ccccc3)c2Cl)cc1. The average molecular weight is 398 g/mol. The van der Waals surface area contributed by atoms with Gasteiger partial charge in [-0.05, 0) is 45.0 Å². The molecule has 0 unspecified atom stereocenters. The zero-order chi connectivity index (χ0) is 20.3. The van der Waals surface area contributed by atoms with E-state index in [4.69, 9.17) is 16.3 Å². The molecule has 1 aromatic heterocycles. The minimum Gasteiger partial charge on any atom is -0.449 e. The van der Waals surface area contributed by atoms with Crippen molar-refractivity contribution >= 4 is 29.2 Å². The Morgan fingerprint density at radius 3 is 2.36 bits per heavy atom. The number of amides is 1. The third-order valence-corrected chi connectivity index (χ3v) is 4.53. The number of aromatic nitrogens is 2. The smallest absolute Gasteiger partial charge is 0.344 e. The van der Waals surface area contributed by atoms with Gasteiger partial charge in [-0.15, -0.1) is 0 Å². The summed E-state index contributed by atoms with van der Waals surface area (Å²) in [4.78, 5) is 24.9. The Kier molecular flexibility index (Phi) is 5.80. The number of nitrogens with zero attached hydrogens (tertiary/aromatic N) is 2. The number of aryl methyl sites for hydroxylation is 2. The molecule has 6 nitrogen and oxygen atoms in total. The van der Waals surface area contributed by atoms with Crippen molar-refractivity contribution in [1.29, 1.82) is 0 Å². The zero-order valence-corrected chi connectivity index (χ0v) is 16.5. The van der Waals surface area contributed by atoms with Crippen LogP contribution in [0.25, 0.3) is 5.69 Å². The molecular weight excluding hydrogens is 378 g/mol. The molecule has 0 spiro atoms. The molecule has 3 aromatic rings. The number of hydrogen-bond donors (Lipinski definition) is 1. The molecule has 1 amide bonds. The van der Waals surface area contributed by atoms with E-state index in [1.165, 1.54) is 11.6 Å². The standard InChI is InChI=1S/C21H20ClN3O3/c1-13-9-11-16(12-10-13)23-20(26)15(3)28-21(27)18-14(2)24-25(19(18)22)17-7-5-4-6-8-17/h4-12,15H,1-3H3,(H,23,26)/t15-/m1/s1. The molecule has 0 saturated heterocycles. The molecule has 0 aliphatic carbocycles. The van der Waals surface area contributed by atoms with Gasteiger partial charge >= 0.3 is 5.97 Å². The molecule has 0 aliphatic rings. The quantitative estimate of drug-likeness (QED) is 0.650. The van der Waals surface area contributed by atoms with E-state index in [0.717, 1.165) is 11.3 Å². The van der Waals surface area contributed by atoms with Crippen LogP contribution in [-0.4, -0.2) is 27.8 Å². The van der Waals surface area contributed by atoms with E-state index in [2.05, 4.69) is 10.4 Å². The third kappa shape index (κ3) is 4.23. The van der Waals surface area contributed by atoms with Gasteiger partial charge in [0.2, 0.25) is 0 Å². The molecule has 1 N–H and O–H groups in total. The number of benzene rings is 2. The Morgan fingerprint density at radius 1 is 1.07 bits per heavy atom. The van der Waals surface area contributed by atoms with Crippen molar-refractivity contribution in [3.8, 4) is 5.69 Å². The van der Waals surface area contributed by atoms with E-state index in [-0.39, 0.29) is 10.7 Å². The van der Waals surface area contributed by atoms with Crippen molar-refractivity contribution in [3.63, 3.8) is 0 Å². The lowest BCUT2D eigenvalue weighted by Gasteiger charge is -2.13. The molecule has 1 atom stereocenters. The lowest BCUT2D eigenvalue weighted by Crippen LogP contribution is -2.30. The lowest BCUT2D eigenvalue weighted by atomic mass is 10.2. The highest BCUT2D eigenvalue weighted by Gasteiger charge is 2.26. The number of hydrogen-bond acceptors (Lipinski definition) is 4. The molecule has 1 heterocycles. The van der Waals surface area contributed by atoms with Gasteiger partial charge < -0.3 is 10.1 Å². The van der Waals surface area contributed by atoms with E-state index in [0.29, 0.717) is 11.4 Å². The first-order valence-electron chi connectivity index (χ1n) is 8.76. The van der Waals surface area contributed by atoms with Crippen LogP contribution in [0.15, 0.2) is 54.6 Å². The maximum absolute atomic E-state index is 12.6. The normalized spacial score (nSPS) is 11.7. The number of para-hydroxylation sites is 1. The highest BCUT2D eigenvalue weighted by atomic mass is 35.5. The fourth-order valence-corrected chi connectivity index (χ4v) is 2.97. The van der Waals surface area contributed by atoms with Crippen molar-refractivity contribution in [2.24, 2.45) is 0 Å². The van der Waals surface area contributed by atoms with Gasteiger partial charge in [0.05, 0.1) is 11.4 Å². The van der Waals surface area contributed by atoms with E-state index < -0.39 is 18.0 Å². The Balaban J connectivity index is 1.73. The highest BCUT2D eigenvalue weighted by molar-refractivity contribution is 6.33. The van der Waals surface area contributed by atoms with E-state index >= 15 is 0 Å². The van der Waals surface area contributed by atoms with Gasteiger partial charge in [0.15, 0.2) is 6.10 Å². The first kappa shape index (κ1) is 19.6. The molecule has 0 aliphatic heterocycles. The van der Waals surface area contributed by atoms with Crippen molar-refractivity contribution in [1.82, 2.24) is 9.78 Å². The molecule has 0 bridgehead atoms. The summed E-state index contributed by atoms with van der Waals surface area (Å²) in [5.74, 6) is -1.13. The Bertz CT molecular complexity index is 998. The third-order valence-electron chi connectivity index (χ3n) is 4.18. The first-order chi connectivity index (χ1) is 13.4. The zero-order valence-electron chi connectivity index (χ0n) is 15.8. The monoisotopic (exact) mass is 397 g/mol. The first-order valence-corrected chi connectivity index (χ1v) is 9.13. The van der Waals surface area contributed by atoms with Crippen molar-refractivity contribution < 1.29 is 14.3 Å². The molecule has 2 aromatic carbocycles. The van der Waals surface area contributed by atoms with Crippen LogP contribution in [0.3, 0.4) is 0 Å². The lowest BCUT2D eigenvalue weighted by molar-refractivity contribution is -0.123. The minimum atomic E-state index is -0.996. The predicted molar refractivity (Wildman–Crippen MR) is 108 cm³/mol. The topological polar surface area (TPSA) is 73.2 Å². The summed E-state index contributed by atoms with van der Waals surface area (Å²) in [6.45, 7) is 5.13. The van der Waals surface area contributed by atoms with Crippen LogP contribution in [-0.2, 0) is 9.53 Å². The van der Waals surface area contributed by atoms with Gasteiger partial charge in [-0.3, -0.25) is 4.79 Å². The maximum Gasteiger partial charge on any atom is 0.344 e. The van der Waals surface area contributed by atoms with Crippen LogP contribution < -0.4 is 5.32 Å². The van der Waals surface area contributed by atoms with Gasteiger partial charge in [0, 0.05) is 5.69 Å². The predicted octanol–water partition coefficient (Wildman–Crippen LogP) is 4.33. The molecule has 28 heavy (non-hydrogen) atoms. The largest absolute Gasteiger partial charge is 0.449 e. The van der Waals surface area contributed by atoms with Crippen LogP contribution in [0.2, 0.25) is 5.15 Å². The van der Waals surface area contributed by atoms with Gasteiger partial charge in [0.25, 0.3) is 5.91 Å². The van der Waals surface area contributed by atoms with Gasteiger partial charge in [-0.2, -0.15) is 5.10 Å². The maximum atomic E-state index is 12.6. The Labute approximate surface area is 168 Å². The van der Waals surface area contributed by atoms with Crippen molar-refractivity contribution in [2.45, 2.75) is 26.9 Å². The number of ether oxygens (including phenoxy) is 1. The number of rotatable bonds is 5. The fourth-order valence-electron chi connectivity index (χ4n) is 2.63. The molecule has 0 fully saturated rings. The molecular formula is C21H20ClN3O3. The second kappa shape index (κ2) is 8.27. The van der Waals surface area contributed by atoms with E-state index in [9.17, 15) is 9.59 Å². The Hall–Kier alpha value is -3.12. The number of carbonyl (C=O) groups excluding carboxylic acids is 2. The molecule has 7 heteroatoms. The summed E-state index contributed by atoms with van der Waals surface area (Å²) in [5, 5.41) is 7.17. The van der Waals surface area contributed by atoms with Gasteiger partial charge in [-0.1, -0.05) is 47.5 Å². The summed E-state index contributed by atoms with van der Waals surface area (Å²) in [7, 11) is 0. The van der Waals surface area contributed by atoms with Crippen LogP contribution in [0.1, 0.15) is 28.5 Å². The van der Waals surface area contributed by atoms with Crippen molar-refractivity contribution in [2.75, 3.05) is 5.32 Å². The van der Waals surface area contributed by atoms with Crippen molar-refractivity contribution in [3.05, 3.63) is 76.6 Å². The summed E-state index contributed by atoms with van der Waals surface area (Å²) in [6, 6.07) is 16.5. The van der Waals surface area contributed by atoms with Crippen LogP contribution >= 0.6 is 11.6 Å². The second-order valence-corrected chi connectivity index (χ2v) is 6.76. The van der Waals surface area contributed by atoms with Gasteiger partial charge in [-0.25, -0.2) is 9.48 Å². The fraction of sp³-hybridized carbons (Fsp3) is 0.190. The number of carbonyl (C=O) groups is 2. The highest BCUT2D eigenvalue weighted by Crippen LogP contribution is 2.24. The number of halogens is 1. The van der Waals surface area contributed by atoms with E-state index in [1.807, 2.05) is 49.4 Å². The summed E-state index contributed by atoms with van der Waals surface area (Å²) in [6.07, 6.45) is -0.996.